The first-order valence-corrected chi connectivity index (χ1v) is 7.57. The molecule has 1 aromatic rings. The lowest BCUT2D eigenvalue weighted by Crippen LogP contribution is -2.40. The van der Waals surface area contributed by atoms with Crippen LogP contribution in [-0.2, 0) is 4.79 Å². The van der Waals surface area contributed by atoms with Crippen LogP contribution in [0.3, 0.4) is 0 Å². The van der Waals surface area contributed by atoms with Crippen molar-refractivity contribution >= 4 is 39.1 Å². The first kappa shape index (κ1) is 16.1. The lowest BCUT2D eigenvalue weighted by Gasteiger charge is -2.13. The first-order chi connectivity index (χ1) is 9.02. The van der Waals surface area contributed by atoms with E-state index in [1.165, 1.54) is 11.3 Å². The summed E-state index contributed by atoms with van der Waals surface area (Å²) in [4.78, 5) is 23.8. The van der Waals surface area contributed by atoms with E-state index >= 15 is 0 Å². The van der Waals surface area contributed by atoms with Gasteiger partial charge in [-0.15, -0.1) is 11.3 Å². The van der Waals surface area contributed by atoms with Crippen molar-refractivity contribution in [3.8, 4) is 0 Å². The van der Waals surface area contributed by atoms with Gasteiger partial charge in [0.1, 0.15) is 0 Å². The maximum absolute atomic E-state index is 11.7. The van der Waals surface area contributed by atoms with Crippen LogP contribution in [0.4, 0.5) is 0 Å². The van der Waals surface area contributed by atoms with Gasteiger partial charge in [0.25, 0.3) is 5.91 Å². The van der Waals surface area contributed by atoms with Gasteiger partial charge in [-0.05, 0) is 47.8 Å². The number of hydrogen-bond acceptors (Lipinski definition) is 4. The Kier molecular flexibility index (Phi) is 7.04. The summed E-state index contributed by atoms with van der Waals surface area (Å²) in [6.07, 6.45) is 1.37. The molecule has 1 heterocycles. The molecular formula is C12H17BrN2O3S. The number of halogens is 1. The fourth-order valence-electron chi connectivity index (χ4n) is 1.48. The zero-order valence-electron chi connectivity index (χ0n) is 10.6. The summed E-state index contributed by atoms with van der Waals surface area (Å²) in [5.41, 5.74) is 0. The van der Waals surface area contributed by atoms with E-state index in [0.29, 0.717) is 17.7 Å². The summed E-state index contributed by atoms with van der Waals surface area (Å²) in [6, 6.07) is 3.48. The zero-order valence-corrected chi connectivity index (χ0v) is 13.0. The number of aliphatic hydroxyl groups is 1. The van der Waals surface area contributed by atoms with Crippen LogP contribution in [0.25, 0.3) is 0 Å². The molecule has 0 radical (unpaired) electrons. The van der Waals surface area contributed by atoms with E-state index in [0.717, 1.165) is 3.79 Å². The van der Waals surface area contributed by atoms with Gasteiger partial charge >= 0.3 is 0 Å². The second kappa shape index (κ2) is 8.29. The van der Waals surface area contributed by atoms with Crippen LogP contribution in [0.5, 0.6) is 0 Å². The molecular weight excluding hydrogens is 332 g/mol. The van der Waals surface area contributed by atoms with Gasteiger partial charge in [0.15, 0.2) is 0 Å². The van der Waals surface area contributed by atoms with Gasteiger partial charge in [-0.25, -0.2) is 0 Å². The van der Waals surface area contributed by atoms with Crippen molar-refractivity contribution in [1.29, 1.82) is 0 Å². The highest BCUT2D eigenvalue weighted by Gasteiger charge is 2.11. The smallest absolute Gasteiger partial charge is 0.261 e. The fourth-order valence-corrected chi connectivity index (χ4v) is 2.78. The summed E-state index contributed by atoms with van der Waals surface area (Å²) in [7, 11) is 0. The predicted octanol–water partition coefficient (Wildman–Crippen LogP) is 1.52. The summed E-state index contributed by atoms with van der Waals surface area (Å²) in [5.74, 6) is -0.483. The molecule has 1 atom stereocenters. The molecule has 5 nitrogen and oxygen atoms in total. The van der Waals surface area contributed by atoms with Crippen molar-refractivity contribution in [2.45, 2.75) is 25.8 Å². The Bertz CT molecular complexity index is 436. The van der Waals surface area contributed by atoms with E-state index in [-0.39, 0.29) is 31.0 Å². The van der Waals surface area contributed by atoms with Gasteiger partial charge in [0, 0.05) is 12.6 Å². The van der Waals surface area contributed by atoms with Crippen molar-refractivity contribution in [2.75, 3.05) is 13.2 Å². The Morgan fingerprint density at radius 1 is 1.47 bits per heavy atom. The summed E-state index contributed by atoms with van der Waals surface area (Å²) in [5, 5.41) is 14.0. The number of carbonyl (C=O) groups excluding carboxylic acids is 2. The zero-order chi connectivity index (χ0) is 14.3. The third-order valence-corrected chi connectivity index (χ3v) is 4.03. The monoisotopic (exact) mass is 348 g/mol. The molecule has 0 aliphatic heterocycles. The second-order valence-electron chi connectivity index (χ2n) is 4.12. The number of thiophene rings is 1. The van der Waals surface area contributed by atoms with Crippen LogP contribution in [0.2, 0.25) is 0 Å². The SMILES string of the molecule is CC(CCCO)NC(=O)CNC(=O)c1ccc(Br)s1. The summed E-state index contributed by atoms with van der Waals surface area (Å²) in [6.45, 7) is 1.94. The molecule has 3 N–H and O–H groups in total. The van der Waals surface area contributed by atoms with Crippen LogP contribution in [0.1, 0.15) is 29.4 Å². The Morgan fingerprint density at radius 3 is 2.79 bits per heavy atom. The highest BCUT2D eigenvalue weighted by molar-refractivity contribution is 9.11. The quantitative estimate of drug-likeness (QED) is 0.698. The minimum absolute atomic E-state index is 0.00701. The third-order valence-electron chi connectivity index (χ3n) is 2.41. The fraction of sp³-hybridized carbons (Fsp3) is 0.500. The molecule has 0 aliphatic rings. The largest absolute Gasteiger partial charge is 0.396 e. The molecule has 0 aliphatic carbocycles. The summed E-state index contributed by atoms with van der Waals surface area (Å²) < 4.78 is 0.875. The lowest BCUT2D eigenvalue weighted by molar-refractivity contribution is -0.120. The summed E-state index contributed by atoms with van der Waals surface area (Å²) >= 11 is 4.59. The Morgan fingerprint density at radius 2 is 2.21 bits per heavy atom. The Balaban J connectivity index is 2.28. The van der Waals surface area contributed by atoms with Crippen molar-refractivity contribution in [3.05, 3.63) is 20.8 Å². The number of rotatable bonds is 7. The van der Waals surface area contributed by atoms with E-state index < -0.39 is 0 Å². The van der Waals surface area contributed by atoms with Crippen LogP contribution in [-0.4, -0.2) is 36.1 Å². The number of nitrogens with one attached hydrogen (secondary N) is 2. The molecule has 0 bridgehead atoms. The molecule has 2 amide bonds. The highest BCUT2D eigenvalue weighted by atomic mass is 79.9. The predicted molar refractivity (Wildman–Crippen MR) is 78.3 cm³/mol. The van der Waals surface area contributed by atoms with Crippen molar-refractivity contribution in [1.82, 2.24) is 10.6 Å². The lowest BCUT2D eigenvalue weighted by atomic mass is 10.2. The average Bonchev–Trinajstić information content (AvgIpc) is 2.80. The van der Waals surface area contributed by atoms with Crippen molar-refractivity contribution in [3.63, 3.8) is 0 Å². The number of aliphatic hydroxyl groups excluding tert-OH is 1. The van der Waals surface area contributed by atoms with Crippen LogP contribution < -0.4 is 10.6 Å². The van der Waals surface area contributed by atoms with E-state index in [4.69, 9.17) is 5.11 Å². The topological polar surface area (TPSA) is 78.4 Å². The minimum Gasteiger partial charge on any atom is -0.396 e. The normalized spacial score (nSPS) is 11.9. The first-order valence-electron chi connectivity index (χ1n) is 5.96. The highest BCUT2D eigenvalue weighted by Crippen LogP contribution is 2.21. The van der Waals surface area contributed by atoms with Gasteiger partial charge in [0.05, 0.1) is 15.2 Å². The van der Waals surface area contributed by atoms with Gasteiger partial charge in [0.2, 0.25) is 5.91 Å². The Labute approximate surface area is 124 Å². The molecule has 1 rings (SSSR count). The average molecular weight is 349 g/mol. The molecule has 0 spiro atoms. The molecule has 106 valence electrons. The molecule has 7 heteroatoms. The van der Waals surface area contributed by atoms with Gasteiger partial charge < -0.3 is 15.7 Å². The molecule has 0 aromatic carbocycles. The van der Waals surface area contributed by atoms with E-state index in [1.807, 2.05) is 6.92 Å². The molecule has 1 unspecified atom stereocenters. The maximum atomic E-state index is 11.7. The van der Waals surface area contributed by atoms with Crippen molar-refractivity contribution < 1.29 is 14.7 Å². The van der Waals surface area contributed by atoms with Crippen molar-refractivity contribution in [2.24, 2.45) is 0 Å². The number of amides is 2. The molecule has 0 saturated heterocycles. The second-order valence-corrected chi connectivity index (χ2v) is 6.58. The van der Waals surface area contributed by atoms with Crippen LogP contribution >= 0.6 is 27.3 Å². The van der Waals surface area contributed by atoms with Gasteiger partial charge in [-0.1, -0.05) is 0 Å². The van der Waals surface area contributed by atoms with Gasteiger partial charge in [-0.3, -0.25) is 9.59 Å². The molecule has 0 saturated carbocycles. The molecule has 0 fully saturated rings. The van der Waals surface area contributed by atoms with Crippen LogP contribution in [0.15, 0.2) is 15.9 Å². The minimum atomic E-state index is -0.256. The van der Waals surface area contributed by atoms with E-state index in [2.05, 4.69) is 26.6 Å². The Hall–Kier alpha value is -0.920. The number of hydrogen-bond donors (Lipinski definition) is 3. The van der Waals surface area contributed by atoms with E-state index in [1.54, 1.807) is 12.1 Å². The number of carbonyl (C=O) groups is 2. The van der Waals surface area contributed by atoms with Gasteiger partial charge in [-0.2, -0.15) is 0 Å². The van der Waals surface area contributed by atoms with E-state index in [9.17, 15) is 9.59 Å². The molecule has 1 aromatic heterocycles. The standard InChI is InChI=1S/C12H17BrN2O3S/c1-8(3-2-6-16)15-11(17)7-14-12(18)9-4-5-10(13)19-9/h4-5,8,16H,2-3,6-7H2,1H3,(H,14,18)(H,15,17). The third kappa shape index (κ3) is 6.17. The van der Waals surface area contributed by atoms with Crippen LogP contribution in [0, 0.1) is 0 Å². The maximum Gasteiger partial charge on any atom is 0.261 e. The molecule has 19 heavy (non-hydrogen) atoms.